The molecule has 0 aromatic heterocycles. The molecule has 0 spiro atoms. The average Bonchev–Trinajstić information content (AvgIpc) is 2.46. The molecule has 0 aliphatic heterocycles. The molecule has 0 aliphatic carbocycles. The number of hydrogen-bond acceptors (Lipinski definition) is 4. The summed E-state index contributed by atoms with van der Waals surface area (Å²) in [6.07, 6.45) is 3.16. The highest BCUT2D eigenvalue weighted by atomic mass is 32.2. The zero-order chi connectivity index (χ0) is 15.0. The second-order valence-corrected chi connectivity index (χ2v) is 5.84. The number of nitrogens with zero attached hydrogens (tertiary/aromatic N) is 1. The number of anilines is 1. The number of thioether (sulfide) groups is 1. The van der Waals surface area contributed by atoms with E-state index < -0.39 is 0 Å². The van der Waals surface area contributed by atoms with Crippen LogP contribution in [-0.4, -0.2) is 42.3 Å². The van der Waals surface area contributed by atoms with Gasteiger partial charge in [-0.1, -0.05) is 32.1 Å². The molecule has 112 valence electrons. The Morgan fingerprint density at radius 2 is 2.05 bits per heavy atom. The van der Waals surface area contributed by atoms with Crippen molar-refractivity contribution in [1.29, 1.82) is 0 Å². The molecule has 0 saturated heterocycles. The van der Waals surface area contributed by atoms with Gasteiger partial charge in [-0.2, -0.15) is 0 Å². The van der Waals surface area contributed by atoms with Gasteiger partial charge in [-0.05, 0) is 44.4 Å². The number of benzene rings is 1. The normalized spacial score (nSPS) is 10.8. The summed E-state index contributed by atoms with van der Waals surface area (Å²) in [5.41, 5.74) is 7.87. The van der Waals surface area contributed by atoms with Gasteiger partial charge >= 0.3 is 0 Å². The van der Waals surface area contributed by atoms with Crippen LogP contribution in [0.3, 0.4) is 0 Å². The number of nitrogens with one attached hydrogen (secondary N) is 1. The summed E-state index contributed by atoms with van der Waals surface area (Å²) in [5, 5.41) is 3.47. The van der Waals surface area contributed by atoms with Gasteiger partial charge in [-0.15, -0.1) is 11.8 Å². The van der Waals surface area contributed by atoms with E-state index in [4.69, 9.17) is 18.0 Å². The van der Waals surface area contributed by atoms with Crippen LogP contribution in [0.5, 0.6) is 0 Å². The first kappa shape index (κ1) is 17.3. The minimum absolute atomic E-state index is 0.459. The first-order valence-corrected chi connectivity index (χ1v) is 8.70. The summed E-state index contributed by atoms with van der Waals surface area (Å²) in [6, 6.07) is 6.15. The van der Waals surface area contributed by atoms with Crippen molar-refractivity contribution in [2.24, 2.45) is 5.73 Å². The first-order valence-electron chi connectivity index (χ1n) is 7.07. The molecule has 20 heavy (non-hydrogen) atoms. The van der Waals surface area contributed by atoms with E-state index in [0.717, 1.165) is 48.7 Å². The fourth-order valence-electron chi connectivity index (χ4n) is 2.17. The van der Waals surface area contributed by atoms with Crippen molar-refractivity contribution in [3.8, 4) is 0 Å². The topological polar surface area (TPSA) is 41.3 Å². The highest BCUT2D eigenvalue weighted by Gasteiger charge is 2.10. The Hall–Kier alpha value is -0.780. The van der Waals surface area contributed by atoms with Crippen molar-refractivity contribution >= 4 is 34.7 Å². The van der Waals surface area contributed by atoms with Gasteiger partial charge < -0.3 is 16.0 Å². The zero-order valence-electron chi connectivity index (χ0n) is 12.6. The van der Waals surface area contributed by atoms with Crippen LogP contribution in [0.1, 0.15) is 25.8 Å². The van der Waals surface area contributed by atoms with Crippen LogP contribution in [0.15, 0.2) is 23.1 Å². The van der Waals surface area contributed by atoms with Gasteiger partial charge in [0, 0.05) is 22.7 Å². The van der Waals surface area contributed by atoms with Crippen molar-refractivity contribution in [3.05, 3.63) is 23.8 Å². The summed E-state index contributed by atoms with van der Waals surface area (Å²) < 4.78 is 0. The maximum atomic E-state index is 5.86. The molecule has 0 aliphatic rings. The number of nitrogens with two attached hydrogens (primary N) is 1. The Morgan fingerprint density at radius 1 is 1.35 bits per heavy atom. The minimum atomic E-state index is 0.459. The van der Waals surface area contributed by atoms with Crippen molar-refractivity contribution in [2.45, 2.75) is 25.2 Å². The molecule has 5 heteroatoms. The van der Waals surface area contributed by atoms with E-state index in [1.54, 1.807) is 11.8 Å². The maximum absolute atomic E-state index is 5.86. The summed E-state index contributed by atoms with van der Waals surface area (Å²) in [4.78, 5) is 4.02. The van der Waals surface area contributed by atoms with Crippen LogP contribution in [0, 0.1) is 0 Å². The minimum Gasteiger partial charge on any atom is -0.389 e. The van der Waals surface area contributed by atoms with E-state index >= 15 is 0 Å². The molecular weight excluding hydrogens is 286 g/mol. The average molecular weight is 312 g/mol. The van der Waals surface area contributed by atoms with E-state index in [-0.39, 0.29) is 0 Å². The molecule has 0 unspecified atom stereocenters. The molecule has 0 radical (unpaired) electrons. The second-order valence-electron chi connectivity index (χ2n) is 4.55. The molecule has 3 nitrogen and oxygen atoms in total. The largest absolute Gasteiger partial charge is 0.389 e. The number of rotatable bonds is 9. The Bertz CT molecular complexity index is 431. The zero-order valence-corrected chi connectivity index (χ0v) is 14.2. The molecule has 1 aromatic rings. The van der Waals surface area contributed by atoms with Crippen LogP contribution in [-0.2, 0) is 0 Å². The Balaban J connectivity index is 2.62. The molecule has 0 heterocycles. The molecule has 0 saturated carbocycles. The summed E-state index contributed by atoms with van der Waals surface area (Å²) in [6.45, 7) is 8.66. The lowest BCUT2D eigenvalue weighted by Crippen LogP contribution is -2.25. The van der Waals surface area contributed by atoms with Crippen LogP contribution in [0.2, 0.25) is 0 Å². The molecule has 3 N–H and O–H groups in total. The predicted octanol–water partition coefficient (Wildman–Crippen LogP) is 3.19. The van der Waals surface area contributed by atoms with Gasteiger partial charge in [0.1, 0.15) is 4.99 Å². The Morgan fingerprint density at radius 3 is 2.60 bits per heavy atom. The van der Waals surface area contributed by atoms with E-state index in [1.165, 1.54) is 0 Å². The van der Waals surface area contributed by atoms with Gasteiger partial charge in [0.25, 0.3) is 0 Å². The number of thiocarbonyl (C=S) groups is 1. The highest BCUT2D eigenvalue weighted by molar-refractivity contribution is 7.98. The van der Waals surface area contributed by atoms with E-state index in [9.17, 15) is 0 Å². The van der Waals surface area contributed by atoms with Crippen molar-refractivity contribution in [2.75, 3.05) is 37.8 Å². The van der Waals surface area contributed by atoms with Crippen molar-refractivity contribution < 1.29 is 0 Å². The Kier molecular flexibility index (Phi) is 7.95. The highest BCUT2D eigenvalue weighted by Crippen LogP contribution is 2.27. The summed E-state index contributed by atoms with van der Waals surface area (Å²) in [7, 11) is 0. The molecule has 0 amide bonds. The molecule has 1 rings (SSSR count). The fraction of sp³-hybridized carbons (Fsp3) is 0.533. The first-order chi connectivity index (χ1) is 9.63. The van der Waals surface area contributed by atoms with Gasteiger partial charge in [0.15, 0.2) is 0 Å². The molecule has 0 fully saturated rings. The maximum Gasteiger partial charge on any atom is 0.107 e. The quantitative estimate of drug-likeness (QED) is 0.416. The lowest BCUT2D eigenvalue weighted by molar-refractivity contribution is 0.303. The van der Waals surface area contributed by atoms with Gasteiger partial charge in [0.2, 0.25) is 0 Å². The molecule has 0 atom stereocenters. The van der Waals surface area contributed by atoms with Crippen molar-refractivity contribution in [3.63, 3.8) is 0 Å². The van der Waals surface area contributed by atoms with Crippen LogP contribution in [0.4, 0.5) is 5.69 Å². The monoisotopic (exact) mass is 311 g/mol. The van der Waals surface area contributed by atoms with Gasteiger partial charge in [-0.25, -0.2) is 0 Å². The molecular formula is C15H25N3S2. The van der Waals surface area contributed by atoms with Gasteiger partial charge in [-0.3, -0.25) is 0 Å². The third-order valence-corrected chi connectivity index (χ3v) is 4.34. The van der Waals surface area contributed by atoms with E-state index in [0.29, 0.717) is 4.99 Å². The molecule has 1 aromatic carbocycles. The summed E-state index contributed by atoms with van der Waals surface area (Å²) in [5.74, 6) is 0. The lowest BCUT2D eigenvalue weighted by Gasteiger charge is -2.19. The second kappa shape index (κ2) is 9.21. The van der Waals surface area contributed by atoms with Crippen LogP contribution in [0.25, 0.3) is 0 Å². The standard InChI is InChI=1S/C15H25N3S2/c1-4-18(5-2)11-7-10-17-12-8-6-9-13(20-3)14(12)15(16)19/h6,8-9,17H,4-5,7,10-11H2,1-3H3,(H2,16,19). The van der Waals surface area contributed by atoms with Gasteiger partial charge in [0.05, 0.1) is 0 Å². The summed E-state index contributed by atoms with van der Waals surface area (Å²) >= 11 is 6.85. The Labute approximate surface area is 132 Å². The van der Waals surface area contributed by atoms with Crippen LogP contribution < -0.4 is 11.1 Å². The third kappa shape index (κ3) is 4.96. The predicted molar refractivity (Wildman–Crippen MR) is 95.0 cm³/mol. The smallest absolute Gasteiger partial charge is 0.107 e. The van der Waals surface area contributed by atoms with Crippen LogP contribution >= 0.6 is 24.0 Å². The number of hydrogen-bond donors (Lipinski definition) is 2. The van der Waals surface area contributed by atoms with E-state index in [1.807, 2.05) is 18.4 Å². The third-order valence-electron chi connectivity index (χ3n) is 3.35. The fourth-order valence-corrected chi connectivity index (χ4v) is 3.09. The van der Waals surface area contributed by atoms with E-state index in [2.05, 4.69) is 30.1 Å². The van der Waals surface area contributed by atoms with Crippen molar-refractivity contribution in [1.82, 2.24) is 4.90 Å². The molecule has 0 bridgehead atoms. The lowest BCUT2D eigenvalue weighted by atomic mass is 10.1. The SMILES string of the molecule is CCN(CC)CCCNc1cccc(SC)c1C(N)=S.